The summed E-state index contributed by atoms with van der Waals surface area (Å²) in [6.07, 6.45) is -4.49. The summed E-state index contributed by atoms with van der Waals surface area (Å²) in [6.45, 7) is 7.24. The molecule has 2 unspecified atom stereocenters. The minimum Gasteiger partial charge on any atom is -0.464 e. The van der Waals surface area contributed by atoms with E-state index in [0.29, 0.717) is 24.2 Å². The van der Waals surface area contributed by atoms with Gasteiger partial charge in [-0.15, -0.1) is 13.2 Å². The minimum absolute atomic E-state index is 0.0434. The first-order valence-corrected chi connectivity index (χ1v) is 12.8. The van der Waals surface area contributed by atoms with E-state index in [4.69, 9.17) is 14.2 Å². The SMILES string of the molecule is CCOC(=O)C12CCC(CN(C(=O)OC(C)(C)C)C1)N2C(=O)c1ccc(Oc2ccc(OC(F)(F)F)cc2)cc1. The number of esters is 1. The third-order valence-corrected chi connectivity index (χ3v) is 6.52. The lowest BCUT2D eigenvalue weighted by molar-refractivity contribution is -0.274. The van der Waals surface area contributed by atoms with Gasteiger partial charge in [-0.2, -0.15) is 0 Å². The minimum atomic E-state index is -4.79. The number of alkyl halides is 3. The topological polar surface area (TPSA) is 94.6 Å². The second-order valence-electron chi connectivity index (χ2n) is 10.6. The first kappa shape index (κ1) is 29.0. The Kier molecular flexibility index (Phi) is 7.91. The number of rotatable bonds is 6. The summed E-state index contributed by atoms with van der Waals surface area (Å²) in [4.78, 5) is 42.8. The second kappa shape index (κ2) is 10.9. The van der Waals surface area contributed by atoms with Crippen LogP contribution in [0.3, 0.4) is 0 Å². The Morgan fingerprint density at radius 2 is 1.52 bits per heavy atom. The maximum Gasteiger partial charge on any atom is 0.573 e. The Morgan fingerprint density at radius 1 is 0.950 bits per heavy atom. The summed E-state index contributed by atoms with van der Waals surface area (Å²) in [5.74, 6) is -0.723. The van der Waals surface area contributed by atoms with Crippen molar-refractivity contribution in [2.24, 2.45) is 0 Å². The average molecular weight is 565 g/mol. The van der Waals surface area contributed by atoms with Crippen LogP contribution in [0.25, 0.3) is 0 Å². The van der Waals surface area contributed by atoms with Gasteiger partial charge in [0.05, 0.1) is 19.2 Å². The zero-order chi connectivity index (χ0) is 29.3. The number of fused-ring (bicyclic) bond motifs is 2. The van der Waals surface area contributed by atoms with Crippen molar-refractivity contribution in [3.05, 3.63) is 54.1 Å². The van der Waals surface area contributed by atoms with Crippen LogP contribution in [-0.4, -0.2) is 71.0 Å². The molecule has 0 spiro atoms. The third kappa shape index (κ3) is 6.43. The van der Waals surface area contributed by atoms with Crippen molar-refractivity contribution in [2.75, 3.05) is 19.7 Å². The van der Waals surface area contributed by atoms with Crippen molar-refractivity contribution < 1.29 is 46.5 Å². The number of likely N-dealkylation sites (tertiary alicyclic amines) is 1. The van der Waals surface area contributed by atoms with E-state index in [2.05, 4.69) is 4.74 Å². The molecule has 216 valence electrons. The van der Waals surface area contributed by atoms with Crippen LogP contribution >= 0.6 is 0 Å². The van der Waals surface area contributed by atoms with Gasteiger partial charge in [-0.05, 0) is 89.1 Å². The molecule has 0 radical (unpaired) electrons. The van der Waals surface area contributed by atoms with Gasteiger partial charge in [-0.25, -0.2) is 9.59 Å². The molecular formula is C28H31F3N2O7. The predicted molar refractivity (Wildman–Crippen MR) is 136 cm³/mol. The number of carbonyl (C=O) groups is 3. The van der Waals surface area contributed by atoms with Gasteiger partial charge < -0.3 is 28.7 Å². The molecule has 2 aromatic rings. The lowest BCUT2D eigenvalue weighted by Crippen LogP contribution is -2.68. The second-order valence-corrected chi connectivity index (χ2v) is 10.6. The molecule has 0 N–H and O–H groups in total. The molecule has 2 aliphatic heterocycles. The van der Waals surface area contributed by atoms with Gasteiger partial charge in [-0.3, -0.25) is 4.79 Å². The molecular weight excluding hydrogens is 533 g/mol. The van der Waals surface area contributed by atoms with E-state index >= 15 is 0 Å². The largest absolute Gasteiger partial charge is 0.573 e. The van der Waals surface area contributed by atoms with Crippen LogP contribution in [0, 0.1) is 0 Å². The number of hydrogen-bond donors (Lipinski definition) is 0. The van der Waals surface area contributed by atoms with E-state index < -0.39 is 35.6 Å². The van der Waals surface area contributed by atoms with Crippen LogP contribution in [-0.2, 0) is 14.3 Å². The van der Waals surface area contributed by atoms with Crippen LogP contribution in [0.15, 0.2) is 48.5 Å². The molecule has 2 aromatic carbocycles. The standard InChI is InChI=1S/C28H31F3N2O7/c1-5-37-24(35)27-15-14-19(16-32(17-27)25(36)40-26(2,3)4)33(27)23(34)18-6-8-20(9-7-18)38-21-10-12-22(13-11-21)39-28(29,30)31/h6-13,19H,5,14-17H2,1-4H3. The highest BCUT2D eigenvalue weighted by atomic mass is 19.4. The van der Waals surface area contributed by atoms with Crippen LogP contribution in [0.4, 0.5) is 18.0 Å². The predicted octanol–water partition coefficient (Wildman–Crippen LogP) is 5.53. The molecule has 2 bridgehead atoms. The Morgan fingerprint density at radius 3 is 2.08 bits per heavy atom. The maximum absolute atomic E-state index is 13.7. The van der Waals surface area contributed by atoms with E-state index in [1.807, 2.05) is 0 Å². The van der Waals surface area contributed by atoms with E-state index in [1.54, 1.807) is 39.8 Å². The summed E-state index contributed by atoms with van der Waals surface area (Å²) in [7, 11) is 0. The van der Waals surface area contributed by atoms with Gasteiger partial charge in [0, 0.05) is 12.1 Å². The lowest BCUT2D eigenvalue weighted by Gasteiger charge is -2.47. The molecule has 0 aliphatic carbocycles. The first-order valence-electron chi connectivity index (χ1n) is 12.8. The molecule has 4 rings (SSSR count). The highest BCUT2D eigenvalue weighted by molar-refractivity contribution is 5.99. The molecule has 2 saturated heterocycles. The van der Waals surface area contributed by atoms with Crippen LogP contribution in [0.5, 0.6) is 17.2 Å². The molecule has 2 atom stereocenters. The highest BCUT2D eigenvalue weighted by Crippen LogP contribution is 2.42. The van der Waals surface area contributed by atoms with Gasteiger partial charge in [0.15, 0.2) is 5.54 Å². The van der Waals surface area contributed by atoms with Gasteiger partial charge in [0.1, 0.15) is 22.8 Å². The number of benzene rings is 2. The zero-order valence-corrected chi connectivity index (χ0v) is 22.6. The molecule has 12 heteroatoms. The number of halogens is 3. The average Bonchev–Trinajstić information content (AvgIpc) is 3.10. The van der Waals surface area contributed by atoms with Gasteiger partial charge in [0.25, 0.3) is 5.91 Å². The Balaban J connectivity index is 1.51. The van der Waals surface area contributed by atoms with Gasteiger partial charge in [-0.1, -0.05) is 0 Å². The molecule has 2 amide bonds. The van der Waals surface area contributed by atoms with Crippen molar-refractivity contribution >= 4 is 18.0 Å². The molecule has 2 heterocycles. The van der Waals surface area contributed by atoms with Gasteiger partial charge >= 0.3 is 18.4 Å². The number of ether oxygens (including phenoxy) is 4. The zero-order valence-electron chi connectivity index (χ0n) is 22.6. The van der Waals surface area contributed by atoms with Crippen molar-refractivity contribution in [2.45, 2.75) is 64.1 Å². The fourth-order valence-electron chi connectivity index (χ4n) is 4.97. The molecule has 0 saturated carbocycles. The number of carbonyl (C=O) groups excluding carboxylic acids is 3. The van der Waals surface area contributed by atoms with E-state index in [1.165, 1.54) is 34.1 Å². The van der Waals surface area contributed by atoms with Crippen LogP contribution < -0.4 is 9.47 Å². The fourth-order valence-corrected chi connectivity index (χ4v) is 4.97. The van der Waals surface area contributed by atoms with Gasteiger partial charge in [0.2, 0.25) is 0 Å². The Hall–Kier alpha value is -3.96. The number of amides is 2. The summed E-state index contributed by atoms with van der Waals surface area (Å²) in [5.41, 5.74) is -1.77. The van der Waals surface area contributed by atoms with Crippen molar-refractivity contribution in [1.29, 1.82) is 0 Å². The van der Waals surface area contributed by atoms with Crippen molar-refractivity contribution in [3.63, 3.8) is 0 Å². The van der Waals surface area contributed by atoms with E-state index in [9.17, 15) is 27.6 Å². The normalized spacial score (nSPS) is 20.6. The summed E-state index contributed by atoms with van der Waals surface area (Å²) in [6, 6.07) is 10.7. The smallest absolute Gasteiger partial charge is 0.464 e. The number of hydrogen-bond acceptors (Lipinski definition) is 7. The van der Waals surface area contributed by atoms with Crippen LogP contribution in [0.1, 0.15) is 50.9 Å². The molecule has 2 aliphatic rings. The summed E-state index contributed by atoms with van der Waals surface area (Å²) in [5, 5.41) is 0. The third-order valence-electron chi connectivity index (χ3n) is 6.52. The number of piperazine rings is 1. The highest BCUT2D eigenvalue weighted by Gasteiger charge is 2.60. The summed E-state index contributed by atoms with van der Waals surface area (Å²) >= 11 is 0. The van der Waals surface area contributed by atoms with E-state index in [0.717, 1.165) is 12.1 Å². The molecule has 40 heavy (non-hydrogen) atoms. The quantitative estimate of drug-likeness (QED) is 0.426. The molecule has 2 fully saturated rings. The van der Waals surface area contributed by atoms with Crippen molar-refractivity contribution in [3.8, 4) is 17.2 Å². The molecule has 0 aromatic heterocycles. The summed E-state index contributed by atoms with van der Waals surface area (Å²) < 4.78 is 57.5. The monoisotopic (exact) mass is 564 g/mol. The Bertz CT molecular complexity index is 1240. The maximum atomic E-state index is 13.7. The first-order chi connectivity index (χ1) is 18.7. The van der Waals surface area contributed by atoms with Crippen LogP contribution in [0.2, 0.25) is 0 Å². The van der Waals surface area contributed by atoms with Crippen molar-refractivity contribution in [1.82, 2.24) is 9.80 Å². The lowest BCUT2D eigenvalue weighted by atomic mass is 9.93. The van der Waals surface area contributed by atoms with E-state index in [-0.39, 0.29) is 37.1 Å². The molecule has 9 nitrogen and oxygen atoms in total. The number of nitrogens with zero attached hydrogens (tertiary/aromatic N) is 2. The Labute approximate surface area is 229 Å². The fraction of sp³-hybridized carbons (Fsp3) is 0.464.